The Kier molecular flexibility index (Phi) is 25.2. The lowest BCUT2D eigenvalue weighted by atomic mass is 9.99. The van der Waals surface area contributed by atoms with Crippen LogP contribution in [0.1, 0.15) is 60.1 Å². The molecule has 0 unspecified atom stereocenters. The van der Waals surface area contributed by atoms with Gasteiger partial charge in [0.05, 0.1) is 25.4 Å². The minimum atomic E-state index is -2.04. The Bertz CT molecular complexity index is 2080. The number of aliphatic hydroxyl groups excluding tert-OH is 10. The number of aliphatic hydroxyl groups is 10. The van der Waals surface area contributed by atoms with Crippen LogP contribution in [-0.4, -0.2) is 207 Å². The molecule has 0 radical (unpaired) electrons. The van der Waals surface area contributed by atoms with Crippen molar-refractivity contribution in [2.45, 2.75) is 106 Å². The van der Waals surface area contributed by atoms with Crippen molar-refractivity contribution in [2.75, 3.05) is 63.9 Å². The first-order valence-electron chi connectivity index (χ1n) is 22.7. The molecular formula is C45H69ClN10O14. The number of amides is 2. The van der Waals surface area contributed by atoms with E-state index in [1.807, 2.05) is 48.5 Å². The first-order valence-corrected chi connectivity index (χ1v) is 23.1. The zero-order chi connectivity index (χ0) is 52.1. The van der Waals surface area contributed by atoms with Crippen LogP contribution in [0.15, 0.2) is 53.5 Å². The summed E-state index contributed by atoms with van der Waals surface area (Å²) < 4.78 is 0. The number of halogens is 1. The monoisotopic (exact) mass is 1010 g/mol. The molecule has 2 aromatic carbocycles. The van der Waals surface area contributed by atoms with E-state index in [1.54, 1.807) is 0 Å². The van der Waals surface area contributed by atoms with Gasteiger partial charge in [0, 0.05) is 39.1 Å². The number of unbranched alkanes of at least 4 members (excludes halogenated alkanes) is 2. The number of carboxylic acids is 1. The van der Waals surface area contributed by atoms with Crippen LogP contribution in [0.4, 0.5) is 11.6 Å². The van der Waals surface area contributed by atoms with Gasteiger partial charge in [0.25, 0.3) is 5.91 Å². The van der Waals surface area contributed by atoms with E-state index in [1.165, 1.54) is 4.90 Å². The number of nitrogens with zero attached hydrogens (tertiary/aromatic N) is 5. The van der Waals surface area contributed by atoms with Crippen LogP contribution in [-0.2, 0) is 22.4 Å². The predicted molar refractivity (Wildman–Crippen MR) is 258 cm³/mol. The molecule has 390 valence electrons. The molecule has 2 amide bonds. The first-order chi connectivity index (χ1) is 33.2. The topological polar surface area (TPSA) is 434 Å². The summed E-state index contributed by atoms with van der Waals surface area (Å²) in [4.78, 5) is 53.2. The number of carbonyl (C=O) groups excluding carboxylic acids is 2. The highest BCUT2D eigenvalue weighted by molar-refractivity contribution is 6.31. The summed E-state index contributed by atoms with van der Waals surface area (Å²) in [6, 6.07) is 14.1. The van der Waals surface area contributed by atoms with Crippen molar-refractivity contribution in [2.24, 2.45) is 16.5 Å². The van der Waals surface area contributed by atoms with Gasteiger partial charge in [0.15, 0.2) is 28.4 Å². The standard InChI is InChI=1S/C45H69ClN10O14/c46-40-42(49)53-41(48)35(52-40)43(68)54-45(50)51-18-4-2-5-25-7-12-27(13-8-25)28-14-9-26(10-15-28)11-16-34(63)56(29(44(69)70)6-1-3-17-47)20-19-55(21-30(59)36(64)38(66)32(61)23-57)22-31(60)37(65)39(67)33(62)24-58/h7-10,12-15,29-33,36-39,57-62,64-67H,1-6,11,16-24,47H2,(H,69,70)(H4,48,49,53)(H3,50,51,54,68)/t29-,30+,31+,32-,33-,36-,37-,38-,39-/m1/s1. The van der Waals surface area contributed by atoms with Crippen LogP contribution in [0.5, 0.6) is 0 Å². The summed E-state index contributed by atoms with van der Waals surface area (Å²) in [6.45, 7) is -3.11. The van der Waals surface area contributed by atoms with Gasteiger partial charge in [-0.25, -0.2) is 14.8 Å². The molecule has 1 aromatic heterocycles. The second kappa shape index (κ2) is 29.9. The highest BCUT2D eigenvalue weighted by Crippen LogP contribution is 2.23. The van der Waals surface area contributed by atoms with Crippen molar-refractivity contribution in [3.8, 4) is 11.1 Å². The molecule has 20 N–H and O–H groups in total. The Morgan fingerprint density at radius 1 is 0.686 bits per heavy atom. The number of aliphatic imine (C=N–C) groups is 1. The number of anilines is 2. The first kappa shape index (κ1) is 59.1. The fourth-order valence-corrected chi connectivity index (χ4v) is 7.44. The van der Waals surface area contributed by atoms with Gasteiger partial charge in [0.2, 0.25) is 5.91 Å². The van der Waals surface area contributed by atoms with Gasteiger partial charge in [-0.1, -0.05) is 60.1 Å². The van der Waals surface area contributed by atoms with E-state index in [0.717, 1.165) is 40.0 Å². The van der Waals surface area contributed by atoms with Crippen LogP contribution >= 0.6 is 11.6 Å². The van der Waals surface area contributed by atoms with Gasteiger partial charge in [-0.3, -0.25) is 24.8 Å². The Morgan fingerprint density at radius 2 is 1.20 bits per heavy atom. The van der Waals surface area contributed by atoms with E-state index in [2.05, 4.69) is 20.3 Å². The molecule has 0 aliphatic rings. The summed E-state index contributed by atoms with van der Waals surface area (Å²) in [5.41, 5.74) is 26.2. The quantitative estimate of drug-likeness (QED) is 0.0169. The van der Waals surface area contributed by atoms with Gasteiger partial charge in [-0.2, -0.15) is 0 Å². The van der Waals surface area contributed by atoms with E-state index in [0.29, 0.717) is 25.8 Å². The Hall–Kier alpha value is -5.19. The largest absolute Gasteiger partial charge is 0.480 e. The molecule has 0 fully saturated rings. The van der Waals surface area contributed by atoms with Gasteiger partial charge < -0.3 is 84.0 Å². The number of benzene rings is 2. The molecule has 0 saturated carbocycles. The lowest BCUT2D eigenvalue weighted by Crippen LogP contribution is -2.55. The molecule has 0 aliphatic carbocycles. The third-order valence-corrected chi connectivity index (χ3v) is 11.8. The number of hydrogen-bond acceptors (Lipinski definition) is 20. The molecule has 1 heterocycles. The minimum Gasteiger partial charge on any atom is -0.480 e. The number of nitrogens with two attached hydrogens (primary N) is 4. The zero-order valence-corrected chi connectivity index (χ0v) is 39.5. The maximum Gasteiger partial charge on any atom is 0.326 e. The van der Waals surface area contributed by atoms with E-state index < -0.39 is 99.0 Å². The molecule has 0 saturated heterocycles. The van der Waals surface area contributed by atoms with Crippen LogP contribution in [0, 0.1) is 0 Å². The molecule has 70 heavy (non-hydrogen) atoms. The molecule has 3 aromatic rings. The second-order valence-electron chi connectivity index (χ2n) is 16.8. The van der Waals surface area contributed by atoms with E-state index in [-0.39, 0.29) is 67.3 Å². The molecule has 25 heteroatoms. The molecule has 0 aliphatic heterocycles. The average Bonchev–Trinajstić information content (AvgIpc) is 3.34. The maximum absolute atomic E-state index is 14.0. The van der Waals surface area contributed by atoms with Crippen molar-refractivity contribution in [1.82, 2.24) is 25.1 Å². The van der Waals surface area contributed by atoms with Crippen LogP contribution in [0.3, 0.4) is 0 Å². The number of nitrogens with one attached hydrogen (secondary N) is 1. The van der Waals surface area contributed by atoms with Crippen molar-refractivity contribution < 1.29 is 70.6 Å². The molecule has 0 bridgehead atoms. The lowest BCUT2D eigenvalue weighted by molar-refractivity contribution is -0.151. The maximum atomic E-state index is 14.0. The Morgan fingerprint density at radius 3 is 1.70 bits per heavy atom. The smallest absolute Gasteiger partial charge is 0.326 e. The summed E-state index contributed by atoms with van der Waals surface area (Å²) in [5.74, 6) is -3.01. The van der Waals surface area contributed by atoms with E-state index in [9.17, 15) is 70.6 Å². The van der Waals surface area contributed by atoms with Crippen molar-refractivity contribution in [1.29, 1.82) is 0 Å². The van der Waals surface area contributed by atoms with Crippen LogP contribution in [0.2, 0.25) is 5.15 Å². The number of aliphatic carboxylic acids is 1. The lowest BCUT2D eigenvalue weighted by Gasteiger charge is -2.36. The third kappa shape index (κ3) is 18.5. The molecule has 0 spiro atoms. The van der Waals surface area contributed by atoms with Crippen LogP contribution < -0.4 is 28.3 Å². The number of carbonyl (C=O) groups is 3. The number of carboxylic acid groups (broad SMARTS) is 1. The summed E-state index contributed by atoms with van der Waals surface area (Å²) >= 11 is 5.84. The fraction of sp³-hybridized carbons (Fsp3) is 0.556. The number of aromatic nitrogens is 2. The van der Waals surface area contributed by atoms with Gasteiger partial charge in [0.1, 0.15) is 42.7 Å². The predicted octanol–water partition coefficient (Wildman–Crippen LogP) is -3.45. The molecular weight excluding hydrogens is 940 g/mol. The zero-order valence-electron chi connectivity index (χ0n) is 38.7. The van der Waals surface area contributed by atoms with Gasteiger partial charge in [-0.05, 0) is 73.7 Å². The number of nitrogen functional groups attached to an aromatic ring is 2. The Balaban J connectivity index is 1.66. The fourth-order valence-electron chi connectivity index (χ4n) is 7.31. The normalized spacial score (nSPS) is 15.9. The average molecular weight is 1010 g/mol. The van der Waals surface area contributed by atoms with Crippen molar-refractivity contribution in [3.05, 3.63) is 70.5 Å². The van der Waals surface area contributed by atoms with E-state index in [4.69, 9.17) is 34.5 Å². The van der Waals surface area contributed by atoms with Crippen molar-refractivity contribution in [3.63, 3.8) is 0 Å². The minimum absolute atomic E-state index is 0.0337. The molecule has 9 atom stereocenters. The molecule has 3 rings (SSSR count). The van der Waals surface area contributed by atoms with Gasteiger partial charge >= 0.3 is 5.97 Å². The second-order valence-corrected chi connectivity index (χ2v) is 17.1. The van der Waals surface area contributed by atoms with Gasteiger partial charge in [-0.15, -0.1) is 0 Å². The third-order valence-electron chi connectivity index (χ3n) is 11.5. The SMILES string of the molecule is NCCCC[C@H](C(=O)O)N(CCN(C[C@H](O)[C@@H](O)[C@H](O)[C@H](O)CO)C[C@H](O)[C@@H](O)[C@H](O)[C@H](O)CO)C(=O)CCc1ccc(-c2ccc(CCCCN=C(N)NC(=O)c3nc(Cl)c(N)nc3N)cc2)cc1. The summed E-state index contributed by atoms with van der Waals surface area (Å²) in [7, 11) is 0. The number of guanidine groups is 1. The van der Waals surface area contributed by atoms with E-state index >= 15 is 0 Å². The van der Waals surface area contributed by atoms with Crippen molar-refractivity contribution >= 4 is 47.0 Å². The highest BCUT2D eigenvalue weighted by atomic mass is 35.5. The molecule has 24 nitrogen and oxygen atoms in total. The van der Waals surface area contributed by atoms with Crippen LogP contribution in [0.25, 0.3) is 11.1 Å². The summed E-state index contributed by atoms with van der Waals surface area (Å²) in [6.07, 6.45) is -12.3. The summed E-state index contributed by atoms with van der Waals surface area (Å²) in [5, 5.41) is 114. The number of hydrogen-bond donors (Lipinski definition) is 16. The number of aryl methyl sites for hydroxylation is 2. The number of rotatable bonds is 31. The Labute approximate surface area is 409 Å². The highest BCUT2D eigenvalue weighted by Gasteiger charge is 2.36.